The number of hydrazine groups is 1. The molecule has 0 heterocycles. The van der Waals surface area contributed by atoms with Crippen molar-refractivity contribution in [2.45, 2.75) is 6.54 Å². The quantitative estimate of drug-likeness (QED) is 0.593. The summed E-state index contributed by atoms with van der Waals surface area (Å²) < 4.78 is 0. The molecule has 0 aliphatic rings. The molecule has 2 rings (SSSR count). The molecule has 0 aliphatic heterocycles. The first-order valence-corrected chi connectivity index (χ1v) is 6.17. The van der Waals surface area contributed by atoms with Gasteiger partial charge in [0.25, 0.3) is 5.91 Å². The van der Waals surface area contributed by atoms with Gasteiger partial charge in [-0.15, -0.1) is 0 Å². The maximum absolute atomic E-state index is 12.0. The Balaban J connectivity index is 2.03. The lowest BCUT2D eigenvalue weighted by molar-refractivity contribution is 0.0951. The number of rotatable bonds is 4. The highest BCUT2D eigenvalue weighted by Crippen LogP contribution is 2.14. The average molecular weight is 276 g/mol. The summed E-state index contributed by atoms with van der Waals surface area (Å²) in [4.78, 5) is 12.0. The number of carbonyl (C=O) groups excluding carboxylic acids is 1. The lowest BCUT2D eigenvalue weighted by Gasteiger charge is -2.09. The van der Waals surface area contributed by atoms with Crippen LogP contribution in [0, 0.1) is 0 Å². The van der Waals surface area contributed by atoms with Gasteiger partial charge < -0.3 is 10.7 Å². The van der Waals surface area contributed by atoms with Crippen LogP contribution in [-0.4, -0.2) is 5.91 Å². The fourth-order valence-electron chi connectivity index (χ4n) is 1.69. The van der Waals surface area contributed by atoms with Gasteiger partial charge in [-0.2, -0.15) is 0 Å². The van der Waals surface area contributed by atoms with Crippen LogP contribution in [-0.2, 0) is 6.54 Å². The van der Waals surface area contributed by atoms with E-state index in [-0.39, 0.29) is 5.91 Å². The number of hydrogen-bond acceptors (Lipinski definition) is 3. The molecule has 0 saturated carbocycles. The molecular formula is C14H14ClN3O. The predicted molar refractivity (Wildman–Crippen MR) is 76.9 cm³/mol. The zero-order valence-corrected chi connectivity index (χ0v) is 10.9. The summed E-state index contributed by atoms with van der Waals surface area (Å²) in [6.07, 6.45) is 0. The molecule has 0 unspecified atom stereocenters. The molecular weight excluding hydrogens is 262 g/mol. The fourth-order valence-corrected chi connectivity index (χ4v) is 1.81. The molecule has 0 fully saturated rings. The molecule has 0 radical (unpaired) electrons. The Kier molecular flexibility index (Phi) is 4.39. The molecule has 0 bridgehead atoms. The number of nitrogens with two attached hydrogens (primary N) is 1. The van der Waals surface area contributed by atoms with E-state index in [2.05, 4.69) is 10.7 Å². The molecule has 0 atom stereocenters. The van der Waals surface area contributed by atoms with E-state index >= 15 is 0 Å². The van der Waals surface area contributed by atoms with Gasteiger partial charge in [0.1, 0.15) is 0 Å². The van der Waals surface area contributed by atoms with Gasteiger partial charge >= 0.3 is 0 Å². The molecule has 0 aromatic heterocycles. The number of anilines is 1. The van der Waals surface area contributed by atoms with Crippen LogP contribution >= 0.6 is 11.6 Å². The SMILES string of the molecule is NNc1ccccc1C(=O)NCc1ccc(Cl)cc1. The van der Waals surface area contributed by atoms with Crippen molar-refractivity contribution in [1.29, 1.82) is 0 Å². The van der Waals surface area contributed by atoms with Crippen molar-refractivity contribution in [3.05, 3.63) is 64.7 Å². The van der Waals surface area contributed by atoms with Crippen LogP contribution in [0.1, 0.15) is 15.9 Å². The smallest absolute Gasteiger partial charge is 0.253 e. The highest BCUT2D eigenvalue weighted by Gasteiger charge is 2.09. The van der Waals surface area contributed by atoms with Crippen LogP contribution in [0.15, 0.2) is 48.5 Å². The molecule has 5 heteroatoms. The zero-order chi connectivity index (χ0) is 13.7. The van der Waals surface area contributed by atoms with Gasteiger partial charge in [-0.25, -0.2) is 0 Å². The van der Waals surface area contributed by atoms with Crippen molar-refractivity contribution in [2.24, 2.45) is 5.84 Å². The van der Waals surface area contributed by atoms with Gasteiger partial charge in [0.2, 0.25) is 0 Å². The second-order valence-corrected chi connectivity index (χ2v) is 4.44. The van der Waals surface area contributed by atoms with E-state index in [1.54, 1.807) is 30.3 Å². The number of nitrogens with one attached hydrogen (secondary N) is 2. The number of nitrogen functional groups attached to an aromatic ring is 1. The summed E-state index contributed by atoms with van der Waals surface area (Å²) in [5, 5.41) is 3.51. The van der Waals surface area contributed by atoms with Crippen LogP contribution in [0.25, 0.3) is 0 Å². The van der Waals surface area contributed by atoms with Crippen LogP contribution in [0.5, 0.6) is 0 Å². The predicted octanol–water partition coefficient (Wildman–Crippen LogP) is 2.56. The van der Waals surface area contributed by atoms with Crippen molar-refractivity contribution in [2.75, 3.05) is 5.43 Å². The molecule has 0 spiro atoms. The molecule has 2 aromatic carbocycles. The van der Waals surface area contributed by atoms with Gasteiger partial charge in [-0.1, -0.05) is 35.9 Å². The lowest BCUT2D eigenvalue weighted by Crippen LogP contribution is -2.24. The number of halogens is 1. The first-order valence-electron chi connectivity index (χ1n) is 5.79. The number of hydrogen-bond donors (Lipinski definition) is 3. The van der Waals surface area contributed by atoms with Crippen LogP contribution in [0.3, 0.4) is 0 Å². The van der Waals surface area contributed by atoms with Crippen molar-refractivity contribution in [3.8, 4) is 0 Å². The molecule has 4 N–H and O–H groups in total. The maximum Gasteiger partial charge on any atom is 0.253 e. The molecule has 4 nitrogen and oxygen atoms in total. The standard InChI is InChI=1S/C14H14ClN3O/c15-11-7-5-10(6-8-11)9-17-14(19)12-3-1-2-4-13(12)18-16/h1-8,18H,9,16H2,(H,17,19). The van der Waals surface area contributed by atoms with Gasteiger partial charge in [0.15, 0.2) is 0 Å². The lowest BCUT2D eigenvalue weighted by atomic mass is 10.1. The molecule has 0 saturated heterocycles. The number of amides is 1. The number of benzene rings is 2. The van der Waals surface area contributed by atoms with E-state index < -0.39 is 0 Å². The van der Waals surface area contributed by atoms with Gasteiger partial charge in [-0.05, 0) is 29.8 Å². The highest BCUT2D eigenvalue weighted by atomic mass is 35.5. The Morgan fingerprint density at radius 3 is 2.47 bits per heavy atom. The Hall–Kier alpha value is -2.04. The van der Waals surface area contributed by atoms with E-state index in [0.717, 1.165) is 5.56 Å². The Morgan fingerprint density at radius 2 is 1.79 bits per heavy atom. The van der Waals surface area contributed by atoms with Crippen LogP contribution in [0.4, 0.5) is 5.69 Å². The summed E-state index contributed by atoms with van der Waals surface area (Å²) in [5.41, 5.74) is 4.59. The Morgan fingerprint density at radius 1 is 1.11 bits per heavy atom. The fraction of sp³-hybridized carbons (Fsp3) is 0.0714. The minimum Gasteiger partial charge on any atom is -0.348 e. The minimum atomic E-state index is -0.177. The van der Waals surface area contributed by atoms with E-state index in [1.807, 2.05) is 18.2 Å². The topological polar surface area (TPSA) is 67.1 Å². The van der Waals surface area contributed by atoms with Crippen LogP contribution < -0.4 is 16.6 Å². The van der Waals surface area contributed by atoms with E-state index in [0.29, 0.717) is 22.8 Å². The van der Waals surface area contributed by atoms with Gasteiger partial charge in [0, 0.05) is 11.6 Å². The van der Waals surface area contributed by atoms with Gasteiger partial charge in [0.05, 0.1) is 11.3 Å². The van der Waals surface area contributed by atoms with Crippen molar-refractivity contribution < 1.29 is 4.79 Å². The molecule has 2 aromatic rings. The number of para-hydroxylation sites is 1. The second kappa shape index (κ2) is 6.22. The van der Waals surface area contributed by atoms with Crippen molar-refractivity contribution in [1.82, 2.24) is 5.32 Å². The summed E-state index contributed by atoms with van der Waals surface area (Å²) in [7, 11) is 0. The highest BCUT2D eigenvalue weighted by molar-refractivity contribution is 6.30. The van der Waals surface area contributed by atoms with E-state index in [9.17, 15) is 4.79 Å². The normalized spacial score (nSPS) is 10.0. The number of carbonyl (C=O) groups is 1. The Bertz CT molecular complexity index is 569. The summed E-state index contributed by atoms with van der Waals surface area (Å²) in [6, 6.07) is 14.4. The van der Waals surface area contributed by atoms with Gasteiger partial charge in [-0.3, -0.25) is 10.6 Å². The van der Waals surface area contributed by atoms with Crippen LogP contribution in [0.2, 0.25) is 5.02 Å². The largest absolute Gasteiger partial charge is 0.348 e. The Labute approximate surface area is 116 Å². The van der Waals surface area contributed by atoms with Crippen molar-refractivity contribution >= 4 is 23.2 Å². The summed E-state index contributed by atoms with van der Waals surface area (Å²) in [5.74, 6) is 5.19. The van der Waals surface area contributed by atoms with E-state index in [4.69, 9.17) is 17.4 Å². The average Bonchev–Trinajstić information content (AvgIpc) is 2.46. The first kappa shape index (κ1) is 13.4. The summed E-state index contributed by atoms with van der Waals surface area (Å²) >= 11 is 5.80. The zero-order valence-electron chi connectivity index (χ0n) is 10.2. The second-order valence-electron chi connectivity index (χ2n) is 4.00. The maximum atomic E-state index is 12.0. The molecule has 19 heavy (non-hydrogen) atoms. The minimum absolute atomic E-state index is 0.177. The first-order chi connectivity index (χ1) is 9.20. The molecule has 0 aliphatic carbocycles. The third kappa shape index (κ3) is 3.47. The summed E-state index contributed by atoms with van der Waals surface area (Å²) in [6.45, 7) is 0.439. The third-order valence-corrected chi connectivity index (χ3v) is 2.95. The third-order valence-electron chi connectivity index (χ3n) is 2.69. The van der Waals surface area contributed by atoms with E-state index in [1.165, 1.54) is 0 Å². The molecule has 1 amide bonds. The van der Waals surface area contributed by atoms with Crippen molar-refractivity contribution in [3.63, 3.8) is 0 Å². The molecule has 98 valence electrons. The monoisotopic (exact) mass is 275 g/mol.